The van der Waals surface area contributed by atoms with Crippen molar-refractivity contribution in [3.8, 4) is 5.95 Å². The Morgan fingerprint density at radius 2 is 1.76 bits per heavy atom. The molecular weight excluding hydrogens is 484 g/mol. The molecule has 6 aromatic heterocycles. The van der Waals surface area contributed by atoms with Gasteiger partial charge in [0.05, 0.1) is 12.9 Å². The number of nitrogens with one attached hydrogen (secondary N) is 4. The Morgan fingerprint density at radius 3 is 2.57 bits per heavy atom. The topological polar surface area (TPSA) is 208 Å². The van der Waals surface area contributed by atoms with Gasteiger partial charge in [0, 0.05) is 0 Å². The van der Waals surface area contributed by atoms with Gasteiger partial charge in [0.1, 0.15) is 36.8 Å². The van der Waals surface area contributed by atoms with Crippen molar-refractivity contribution in [1.29, 1.82) is 0 Å². The summed E-state index contributed by atoms with van der Waals surface area (Å²) in [5, 5.41) is 24.7. The molecule has 15 nitrogen and oxygen atoms in total. The van der Waals surface area contributed by atoms with Gasteiger partial charge in [-0.25, -0.2) is 19.7 Å². The molecule has 0 saturated carbocycles. The van der Waals surface area contributed by atoms with E-state index in [0.717, 1.165) is 0 Å². The number of anilines is 2. The molecule has 0 aliphatic carbocycles. The van der Waals surface area contributed by atoms with Crippen molar-refractivity contribution in [1.82, 2.24) is 34.9 Å². The van der Waals surface area contributed by atoms with Crippen LogP contribution in [0.15, 0.2) is 52.1 Å². The predicted molar refractivity (Wildman–Crippen MR) is 126 cm³/mol. The van der Waals surface area contributed by atoms with Crippen LogP contribution in [0.3, 0.4) is 0 Å². The maximum absolute atomic E-state index is 11.1. The molecule has 6 aromatic rings. The lowest BCUT2D eigenvalue weighted by molar-refractivity contribution is -0.590. The summed E-state index contributed by atoms with van der Waals surface area (Å²) in [5.74, 6) is 1.71. The molecule has 0 saturated heterocycles. The maximum atomic E-state index is 11.1. The van der Waals surface area contributed by atoms with Crippen molar-refractivity contribution in [2.75, 3.05) is 10.6 Å². The molecule has 0 aliphatic rings. The van der Waals surface area contributed by atoms with Gasteiger partial charge in [0.25, 0.3) is 0 Å². The summed E-state index contributed by atoms with van der Waals surface area (Å²) in [6.07, 6.45) is 4.47. The highest BCUT2D eigenvalue weighted by atomic mass is 16.4. The van der Waals surface area contributed by atoms with Crippen LogP contribution in [0.25, 0.3) is 28.3 Å². The van der Waals surface area contributed by atoms with Crippen molar-refractivity contribution in [2.24, 2.45) is 0 Å². The highest BCUT2D eigenvalue weighted by Gasteiger charge is 2.22. The minimum absolute atomic E-state index is 0.149. The molecule has 6 heterocycles. The Morgan fingerprint density at radius 1 is 0.946 bits per heavy atom. The zero-order chi connectivity index (χ0) is 25.4. The Labute approximate surface area is 206 Å². The largest absolute Gasteiger partial charge is 0.475 e. The van der Waals surface area contributed by atoms with Crippen LogP contribution in [0, 0.1) is 0 Å². The van der Waals surface area contributed by atoms with Crippen LogP contribution in [-0.4, -0.2) is 51.1 Å². The first-order valence-electron chi connectivity index (χ1n) is 11.0. The van der Waals surface area contributed by atoms with Crippen molar-refractivity contribution in [2.45, 2.75) is 19.7 Å². The first-order chi connectivity index (χ1) is 18.1. The number of aliphatic hydroxyl groups is 1. The third-order valence-corrected chi connectivity index (χ3v) is 5.50. The van der Waals surface area contributed by atoms with E-state index in [1.165, 1.54) is 18.7 Å². The fourth-order valence-electron chi connectivity index (χ4n) is 3.78. The van der Waals surface area contributed by atoms with E-state index in [4.69, 9.17) is 13.9 Å². The Balaban J connectivity index is 1.33. The third-order valence-electron chi connectivity index (χ3n) is 5.50. The predicted octanol–water partition coefficient (Wildman–Crippen LogP) is 1.50. The molecule has 0 bridgehead atoms. The van der Waals surface area contributed by atoms with Gasteiger partial charge in [-0.1, -0.05) is 0 Å². The molecular formula is C22H19N10O5+. The lowest BCUT2D eigenvalue weighted by atomic mass is 10.4. The molecule has 0 aliphatic heterocycles. The Kier molecular flexibility index (Phi) is 5.42. The molecule has 6 N–H and O–H groups in total. The molecule has 0 radical (unpaired) electrons. The van der Waals surface area contributed by atoms with E-state index in [-0.39, 0.29) is 18.9 Å². The number of aliphatic hydroxyl groups excluding tert-OH is 1. The second-order valence-corrected chi connectivity index (χ2v) is 7.85. The average molecular weight is 503 g/mol. The smallest absolute Gasteiger partial charge is 0.371 e. The number of aromatic carboxylic acids is 1. The van der Waals surface area contributed by atoms with E-state index in [9.17, 15) is 9.90 Å². The van der Waals surface area contributed by atoms with Crippen molar-refractivity contribution in [3.05, 3.63) is 66.3 Å². The second-order valence-electron chi connectivity index (χ2n) is 7.85. The summed E-state index contributed by atoms with van der Waals surface area (Å²) in [7, 11) is 0. The van der Waals surface area contributed by atoms with Gasteiger partial charge >= 0.3 is 11.9 Å². The number of rotatable bonds is 9. The monoisotopic (exact) mass is 503 g/mol. The van der Waals surface area contributed by atoms with Gasteiger partial charge in [-0.15, -0.1) is 9.97 Å². The molecule has 0 unspecified atom stereocenters. The van der Waals surface area contributed by atoms with Crippen molar-refractivity contribution in [3.63, 3.8) is 0 Å². The van der Waals surface area contributed by atoms with E-state index in [0.29, 0.717) is 63.7 Å². The summed E-state index contributed by atoms with van der Waals surface area (Å²) < 4.78 is 12.5. The number of imidazole rings is 2. The van der Waals surface area contributed by atoms with E-state index >= 15 is 0 Å². The summed E-state index contributed by atoms with van der Waals surface area (Å²) >= 11 is 0. The zero-order valence-electron chi connectivity index (χ0n) is 19.0. The number of nitrogens with zero attached hydrogens (tertiary/aromatic N) is 6. The SMILES string of the molecule is O=C(O)c1ccc(CNc2c3[nH]cnc3nc[n+]2-c2nc3ncnc(NCc4ccc(CO)o4)c3[nH]2)o1. The molecule has 0 aromatic carbocycles. The van der Waals surface area contributed by atoms with Gasteiger partial charge in [-0.05, 0) is 24.3 Å². The summed E-state index contributed by atoms with van der Waals surface area (Å²) in [4.78, 5) is 39.2. The van der Waals surface area contributed by atoms with Crippen LogP contribution in [0.4, 0.5) is 11.6 Å². The number of carbonyl (C=O) groups is 1. The number of aromatic amines is 2. The highest BCUT2D eigenvalue weighted by molar-refractivity contribution is 5.85. The second kappa shape index (κ2) is 9.04. The third kappa shape index (κ3) is 4.19. The standard InChI is InChI=1S/C22H18N10O5/c33-7-13-2-1-11(36-13)5-23-17-15-19(28-9-27-17)31-22(30-15)32-10-29-18-16(25-8-26-18)20(32)24-6-12-3-4-14(37-12)21(34)35/h1-4,8-10,33H,5-7H2,(H4,23,24,25,26,27,28,30,31,34,35)/p+1. The van der Waals surface area contributed by atoms with Crippen LogP contribution in [-0.2, 0) is 19.7 Å². The molecule has 0 fully saturated rings. The fourth-order valence-corrected chi connectivity index (χ4v) is 3.78. The molecule has 0 amide bonds. The summed E-state index contributed by atoms with van der Waals surface area (Å²) in [5.41, 5.74) is 2.06. The molecule has 0 atom stereocenters. The minimum atomic E-state index is -1.14. The number of aromatic nitrogens is 8. The van der Waals surface area contributed by atoms with E-state index in [1.807, 2.05) is 0 Å². The number of fused-ring (bicyclic) bond motifs is 2. The normalized spacial score (nSPS) is 11.4. The van der Waals surface area contributed by atoms with Crippen LogP contribution in [0.5, 0.6) is 0 Å². The lowest BCUT2D eigenvalue weighted by Crippen LogP contribution is -2.36. The average Bonchev–Trinajstić information content (AvgIpc) is 3.71. The minimum Gasteiger partial charge on any atom is -0.475 e. The molecule has 15 heteroatoms. The van der Waals surface area contributed by atoms with Gasteiger partial charge in [0.15, 0.2) is 23.2 Å². The first-order valence-corrected chi connectivity index (χ1v) is 11.0. The number of carboxylic acid groups (broad SMARTS) is 1. The zero-order valence-corrected chi connectivity index (χ0v) is 19.0. The van der Waals surface area contributed by atoms with Crippen molar-refractivity contribution >= 4 is 39.9 Å². The molecule has 186 valence electrons. The maximum Gasteiger partial charge on any atom is 0.371 e. The number of hydrogen-bond donors (Lipinski definition) is 6. The lowest BCUT2D eigenvalue weighted by Gasteiger charge is -2.07. The van der Waals surface area contributed by atoms with Gasteiger partial charge in [0.2, 0.25) is 22.9 Å². The van der Waals surface area contributed by atoms with E-state index < -0.39 is 5.97 Å². The van der Waals surface area contributed by atoms with E-state index in [2.05, 4.69) is 45.5 Å². The highest BCUT2D eigenvalue weighted by Crippen LogP contribution is 2.21. The quantitative estimate of drug-likeness (QED) is 0.155. The van der Waals surface area contributed by atoms with Crippen LogP contribution in [0.2, 0.25) is 0 Å². The Hall–Kier alpha value is -5.31. The van der Waals surface area contributed by atoms with Crippen LogP contribution >= 0.6 is 0 Å². The number of carboxylic acids is 1. The molecule has 37 heavy (non-hydrogen) atoms. The van der Waals surface area contributed by atoms with E-state index in [1.54, 1.807) is 29.1 Å². The summed E-state index contributed by atoms with van der Waals surface area (Å²) in [6.45, 7) is 0.353. The Bertz CT molecular complexity index is 1730. The first kappa shape index (κ1) is 22.2. The fraction of sp³-hybridized carbons (Fsp3) is 0.136. The van der Waals surface area contributed by atoms with Crippen LogP contribution in [0.1, 0.15) is 27.8 Å². The van der Waals surface area contributed by atoms with Crippen molar-refractivity contribution < 1.29 is 28.4 Å². The molecule has 0 spiro atoms. The van der Waals surface area contributed by atoms with Gasteiger partial charge < -0.3 is 34.7 Å². The molecule has 6 rings (SSSR count). The number of H-pyrrole nitrogens is 2. The number of furan rings is 2. The number of hydrogen-bond acceptors (Lipinski definition) is 11. The van der Waals surface area contributed by atoms with Gasteiger partial charge in [-0.3, -0.25) is 4.98 Å². The van der Waals surface area contributed by atoms with Gasteiger partial charge in [-0.2, -0.15) is 4.57 Å². The summed E-state index contributed by atoms with van der Waals surface area (Å²) in [6, 6.07) is 6.46. The van der Waals surface area contributed by atoms with Crippen LogP contribution < -0.4 is 15.2 Å².